The minimum atomic E-state index is -1.59. The quantitative estimate of drug-likeness (QED) is 0.125. The zero-order valence-corrected chi connectivity index (χ0v) is 19.6. The van der Waals surface area contributed by atoms with E-state index in [2.05, 4.69) is 16.0 Å². The van der Waals surface area contributed by atoms with Crippen LogP contribution in [0.2, 0.25) is 0 Å². The molecule has 0 saturated carbocycles. The molecule has 0 aromatic heterocycles. The molecule has 0 radical (unpaired) electrons. The molecular weight excluding hydrogens is 458 g/mol. The largest absolute Gasteiger partial charge is 0.481 e. The van der Waals surface area contributed by atoms with Crippen LogP contribution in [0, 0.1) is 5.92 Å². The summed E-state index contributed by atoms with van der Waals surface area (Å²) in [6.45, 7) is 3.40. The number of thioether (sulfide) groups is 1. The van der Waals surface area contributed by atoms with Crippen LogP contribution >= 0.6 is 11.8 Å². The van der Waals surface area contributed by atoms with Crippen LogP contribution in [0.3, 0.4) is 0 Å². The number of primary amides is 1. The Hall–Kier alpha value is -2.87. The average molecular weight is 492 g/mol. The molecule has 4 unspecified atom stereocenters. The monoisotopic (exact) mass is 491 g/mol. The number of carboxylic acid groups (broad SMARTS) is 2. The highest BCUT2D eigenvalue weighted by Gasteiger charge is 2.31. The molecule has 0 heterocycles. The molecule has 0 spiro atoms. The Morgan fingerprint density at radius 3 is 1.76 bits per heavy atom. The highest BCUT2D eigenvalue weighted by atomic mass is 32.2. The summed E-state index contributed by atoms with van der Waals surface area (Å²) in [5.41, 5.74) is 10.8. The van der Waals surface area contributed by atoms with Gasteiger partial charge in [-0.15, -0.1) is 0 Å². The normalized spacial score (nSPS) is 14.5. The lowest BCUT2D eigenvalue weighted by atomic mass is 10.0. The zero-order valence-electron chi connectivity index (χ0n) is 18.8. The fourth-order valence-electron chi connectivity index (χ4n) is 2.56. The second-order valence-corrected chi connectivity index (χ2v) is 8.66. The van der Waals surface area contributed by atoms with Gasteiger partial charge >= 0.3 is 11.9 Å². The van der Waals surface area contributed by atoms with E-state index in [-0.39, 0.29) is 18.8 Å². The van der Waals surface area contributed by atoms with Gasteiger partial charge in [0.25, 0.3) is 0 Å². The van der Waals surface area contributed by atoms with Gasteiger partial charge in [-0.3, -0.25) is 24.0 Å². The maximum Gasteiger partial charge on any atom is 0.326 e. The van der Waals surface area contributed by atoms with E-state index in [0.29, 0.717) is 5.75 Å². The van der Waals surface area contributed by atoms with E-state index in [1.807, 2.05) is 0 Å². The van der Waals surface area contributed by atoms with E-state index >= 15 is 0 Å². The first-order valence-electron chi connectivity index (χ1n) is 10.2. The molecule has 0 aromatic rings. The lowest BCUT2D eigenvalue weighted by Gasteiger charge is -2.25. The molecule has 0 aliphatic heterocycles. The third kappa shape index (κ3) is 12.1. The Morgan fingerprint density at radius 1 is 0.848 bits per heavy atom. The summed E-state index contributed by atoms with van der Waals surface area (Å²) in [5, 5.41) is 25.1. The van der Waals surface area contributed by atoms with E-state index in [9.17, 15) is 33.9 Å². The van der Waals surface area contributed by atoms with Crippen molar-refractivity contribution in [2.24, 2.45) is 17.4 Å². The second-order valence-electron chi connectivity index (χ2n) is 7.68. The summed E-state index contributed by atoms with van der Waals surface area (Å²) in [5.74, 6) is -5.80. The van der Waals surface area contributed by atoms with Gasteiger partial charge in [0.1, 0.15) is 18.1 Å². The summed E-state index contributed by atoms with van der Waals surface area (Å²) in [4.78, 5) is 71.1. The summed E-state index contributed by atoms with van der Waals surface area (Å²) in [7, 11) is 0. The van der Waals surface area contributed by atoms with Gasteiger partial charge in [0.05, 0.1) is 12.5 Å². The molecule has 4 amide bonds. The zero-order chi connectivity index (χ0) is 25.7. The van der Waals surface area contributed by atoms with Crippen molar-refractivity contribution < 1.29 is 39.0 Å². The first-order valence-corrected chi connectivity index (χ1v) is 11.6. The number of carbonyl (C=O) groups excluding carboxylic acids is 4. The van der Waals surface area contributed by atoms with E-state index in [0.717, 1.165) is 0 Å². The molecule has 0 aliphatic rings. The number of hydrogen-bond acceptors (Lipinski definition) is 8. The first-order chi connectivity index (χ1) is 15.3. The van der Waals surface area contributed by atoms with Crippen LogP contribution in [0.1, 0.15) is 39.5 Å². The predicted octanol–water partition coefficient (Wildman–Crippen LogP) is -2.00. The summed E-state index contributed by atoms with van der Waals surface area (Å²) in [6.07, 6.45) is 0.527. The van der Waals surface area contributed by atoms with Crippen molar-refractivity contribution in [2.45, 2.75) is 63.7 Å². The molecule has 188 valence electrons. The Bertz CT molecular complexity index is 733. The first kappa shape index (κ1) is 30.1. The molecule has 9 N–H and O–H groups in total. The smallest absolute Gasteiger partial charge is 0.326 e. The van der Waals surface area contributed by atoms with E-state index < -0.39 is 72.6 Å². The number of amides is 4. The highest BCUT2D eigenvalue weighted by molar-refractivity contribution is 7.98. The Kier molecular flexibility index (Phi) is 13.7. The second kappa shape index (κ2) is 15.1. The Labute approximate surface area is 195 Å². The third-order valence-electron chi connectivity index (χ3n) is 4.56. The van der Waals surface area contributed by atoms with Gasteiger partial charge in [-0.2, -0.15) is 11.8 Å². The van der Waals surface area contributed by atoms with Crippen LogP contribution in [0.5, 0.6) is 0 Å². The molecule has 0 aliphatic carbocycles. The maximum absolute atomic E-state index is 12.8. The average Bonchev–Trinajstić information content (AvgIpc) is 2.71. The van der Waals surface area contributed by atoms with Gasteiger partial charge in [-0.1, -0.05) is 13.8 Å². The van der Waals surface area contributed by atoms with Crippen molar-refractivity contribution in [2.75, 3.05) is 12.0 Å². The van der Waals surface area contributed by atoms with Crippen molar-refractivity contribution in [3.8, 4) is 0 Å². The van der Waals surface area contributed by atoms with Gasteiger partial charge in [0.2, 0.25) is 23.6 Å². The fourth-order valence-corrected chi connectivity index (χ4v) is 3.03. The van der Waals surface area contributed by atoms with Crippen molar-refractivity contribution in [3.63, 3.8) is 0 Å². The Morgan fingerprint density at radius 2 is 1.33 bits per heavy atom. The van der Waals surface area contributed by atoms with Gasteiger partial charge in [0, 0.05) is 6.42 Å². The van der Waals surface area contributed by atoms with Crippen molar-refractivity contribution in [3.05, 3.63) is 0 Å². The number of nitrogens with two attached hydrogens (primary N) is 2. The summed E-state index contributed by atoms with van der Waals surface area (Å²) >= 11 is 1.36. The van der Waals surface area contributed by atoms with Gasteiger partial charge in [0.15, 0.2) is 0 Å². The van der Waals surface area contributed by atoms with E-state index in [4.69, 9.17) is 16.6 Å². The molecule has 0 rings (SSSR count). The molecular formula is C19H33N5O8S. The lowest BCUT2D eigenvalue weighted by Crippen LogP contribution is -2.57. The van der Waals surface area contributed by atoms with Gasteiger partial charge in [-0.25, -0.2) is 4.79 Å². The van der Waals surface area contributed by atoms with Crippen LogP contribution < -0.4 is 27.4 Å². The highest BCUT2D eigenvalue weighted by Crippen LogP contribution is 2.07. The van der Waals surface area contributed by atoms with Crippen molar-refractivity contribution in [1.82, 2.24) is 16.0 Å². The molecule has 0 saturated heterocycles. The van der Waals surface area contributed by atoms with Crippen molar-refractivity contribution >= 4 is 47.3 Å². The number of nitrogens with one attached hydrogen (secondary N) is 3. The maximum atomic E-state index is 12.8. The molecule has 14 heteroatoms. The predicted molar refractivity (Wildman–Crippen MR) is 120 cm³/mol. The molecule has 13 nitrogen and oxygen atoms in total. The molecule has 4 atom stereocenters. The summed E-state index contributed by atoms with van der Waals surface area (Å²) < 4.78 is 0. The number of rotatable bonds is 16. The minimum Gasteiger partial charge on any atom is -0.481 e. The number of hydrogen-bond donors (Lipinski definition) is 7. The minimum absolute atomic E-state index is 0.104. The van der Waals surface area contributed by atoms with Gasteiger partial charge in [-0.05, 0) is 30.8 Å². The van der Waals surface area contributed by atoms with Crippen LogP contribution in [0.15, 0.2) is 0 Å². The SMILES string of the molecule is CSCCC(NC(=O)C(CCC(=O)O)NC(=O)C(N)C(C)C)C(=O)NC(CC(N)=O)C(=O)O. The summed E-state index contributed by atoms with van der Waals surface area (Å²) in [6, 6.07) is -5.02. The van der Waals surface area contributed by atoms with Crippen molar-refractivity contribution in [1.29, 1.82) is 0 Å². The standard InChI is InChI=1S/C19H33N5O8S/c1-9(2)15(21)18(30)23-10(4-5-14(26)27)16(28)22-11(6-7-33-3)17(29)24-12(19(31)32)8-13(20)25/h9-12,15H,4-8,21H2,1-3H3,(H2,20,25)(H,22,28)(H,23,30)(H,24,29)(H,26,27)(H,31,32). The molecule has 33 heavy (non-hydrogen) atoms. The van der Waals surface area contributed by atoms with E-state index in [1.54, 1.807) is 20.1 Å². The topological polar surface area (TPSA) is 231 Å². The molecule has 0 fully saturated rings. The lowest BCUT2D eigenvalue weighted by molar-refractivity contribution is -0.143. The number of carboxylic acids is 2. The fraction of sp³-hybridized carbons (Fsp3) is 0.684. The molecule has 0 bridgehead atoms. The third-order valence-corrected chi connectivity index (χ3v) is 5.21. The van der Waals surface area contributed by atoms with Crippen LogP contribution in [-0.2, 0) is 28.8 Å². The molecule has 0 aromatic carbocycles. The number of carbonyl (C=O) groups is 6. The van der Waals surface area contributed by atoms with Crippen LogP contribution in [-0.4, -0.2) is 82.0 Å². The van der Waals surface area contributed by atoms with E-state index in [1.165, 1.54) is 11.8 Å². The van der Waals surface area contributed by atoms with Crippen LogP contribution in [0.4, 0.5) is 0 Å². The van der Waals surface area contributed by atoms with Gasteiger partial charge < -0.3 is 37.6 Å². The number of aliphatic carboxylic acids is 2. The Balaban J connectivity index is 5.54. The van der Waals surface area contributed by atoms with Crippen LogP contribution in [0.25, 0.3) is 0 Å².